The van der Waals surface area contributed by atoms with Gasteiger partial charge in [0.1, 0.15) is 0 Å². The van der Waals surface area contributed by atoms with E-state index in [4.69, 9.17) is 10.5 Å². The predicted octanol–water partition coefficient (Wildman–Crippen LogP) is -0.402. The van der Waals surface area contributed by atoms with Crippen LogP contribution in [0.4, 0.5) is 0 Å². The summed E-state index contributed by atoms with van der Waals surface area (Å²) in [6.45, 7) is 7.57. The van der Waals surface area contributed by atoms with Crippen LogP contribution in [0.15, 0.2) is 0 Å². The van der Waals surface area contributed by atoms with Gasteiger partial charge in [0.2, 0.25) is 0 Å². The van der Waals surface area contributed by atoms with Crippen LogP contribution < -0.4 is 5.73 Å². The molecule has 0 radical (unpaired) electrons. The molecule has 88 valence electrons. The van der Waals surface area contributed by atoms with Crippen LogP contribution >= 0.6 is 0 Å². The summed E-state index contributed by atoms with van der Waals surface area (Å²) in [4.78, 5) is 4.92. The first-order valence-corrected chi connectivity index (χ1v) is 6.00. The van der Waals surface area contributed by atoms with E-state index in [2.05, 4.69) is 16.8 Å². The number of rotatable bonds is 4. The summed E-state index contributed by atoms with van der Waals surface area (Å²) in [5.41, 5.74) is 5.56. The molecule has 0 aliphatic carbocycles. The Labute approximate surface area is 92.4 Å². The van der Waals surface area contributed by atoms with Gasteiger partial charge in [0.25, 0.3) is 0 Å². The molecule has 2 heterocycles. The van der Waals surface area contributed by atoms with E-state index in [0.29, 0.717) is 6.10 Å². The molecule has 1 atom stereocenters. The lowest BCUT2D eigenvalue weighted by Gasteiger charge is -2.41. The fourth-order valence-corrected chi connectivity index (χ4v) is 2.62. The minimum atomic E-state index is 0.376. The van der Waals surface area contributed by atoms with E-state index in [0.717, 1.165) is 38.6 Å². The Bertz CT molecular complexity index is 190. The van der Waals surface area contributed by atoms with Crippen LogP contribution in [0.5, 0.6) is 0 Å². The maximum absolute atomic E-state index is 5.67. The normalized spacial score (nSPS) is 30.4. The molecule has 2 aliphatic rings. The van der Waals surface area contributed by atoms with E-state index in [9.17, 15) is 0 Å². The highest BCUT2D eigenvalue weighted by atomic mass is 16.5. The van der Waals surface area contributed by atoms with Gasteiger partial charge in [-0.25, -0.2) is 0 Å². The predicted molar refractivity (Wildman–Crippen MR) is 60.8 cm³/mol. The zero-order valence-electron chi connectivity index (χ0n) is 9.69. The summed E-state index contributed by atoms with van der Waals surface area (Å²) in [6, 6.07) is 0. The zero-order valence-corrected chi connectivity index (χ0v) is 9.69. The minimum absolute atomic E-state index is 0.376. The van der Waals surface area contributed by atoms with Crippen molar-refractivity contribution in [1.29, 1.82) is 0 Å². The van der Waals surface area contributed by atoms with Crippen LogP contribution in [0, 0.1) is 5.92 Å². The van der Waals surface area contributed by atoms with E-state index in [1.54, 1.807) is 0 Å². The highest BCUT2D eigenvalue weighted by molar-refractivity contribution is 4.82. The van der Waals surface area contributed by atoms with Gasteiger partial charge in [0.15, 0.2) is 0 Å². The molecule has 2 fully saturated rings. The number of hydrogen-bond acceptors (Lipinski definition) is 4. The Balaban J connectivity index is 1.68. The lowest BCUT2D eigenvalue weighted by Crippen LogP contribution is -2.52. The van der Waals surface area contributed by atoms with Crippen LogP contribution in [0.2, 0.25) is 0 Å². The van der Waals surface area contributed by atoms with Gasteiger partial charge in [-0.1, -0.05) is 0 Å². The third-order valence-electron chi connectivity index (χ3n) is 3.37. The molecule has 4 heteroatoms. The summed E-state index contributed by atoms with van der Waals surface area (Å²) in [5, 5.41) is 0. The maximum atomic E-state index is 5.67. The van der Waals surface area contributed by atoms with Gasteiger partial charge >= 0.3 is 0 Å². The van der Waals surface area contributed by atoms with Gasteiger partial charge in [0.05, 0.1) is 12.7 Å². The van der Waals surface area contributed by atoms with Crippen molar-refractivity contribution in [2.75, 3.05) is 52.9 Å². The van der Waals surface area contributed by atoms with Crippen LogP contribution in [0.25, 0.3) is 0 Å². The molecule has 0 bridgehead atoms. The number of likely N-dealkylation sites (tertiary alicyclic amines) is 1. The second-order valence-corrected chi connectivity index (χ2v) is 4.92. The molecule has 15 heavy (non-hydrogen) atoms. The van der Waals surface area contributed by atoms with E-state index in [1.165, 1.54) is 19.6 Å². The van der Waals surface area contributed by atoms with Crippen molar-refractivity contribution in [3.05, 3.63) is 0 Å². The van der Waals surface area contributed by atoms with Gasteiger partial charge < -0.3 is 15.4 Å². The smallest absolute Gasteiger partial charge is 0.0714 e. The van der Waals surface area contributed by atoms with E-state index < -0.39 is 0 Å². The van der Waals surface area contributed by atoms with Crippen molar-refractivity contribution in [2.24, 2.45) is 11.7 Å². The van der Waals surface area contributed by atoms with Crippen molar-refractivity contribution in [3.8, 4) is 0 Å². The molecule has 0 aromatic carbocycles. The number of ether oxygens (including phenoxy) is 1. The molecule has 0 spiro atoms. The highest BCUT2D eigenvalue weighted by Crippen LogP contribution is 2.16. The largest absolute Gasteiger partial charge is 0.376 e. The molecular weight excluding hydrogens is 190 g/mol. The Kier molecular flexibility index (Phi) is 3.97. The van der Waals surface area contributed by atoms with Gasteiger partial charge in [0, 0.05) is 32.7 Å². The van der Waals surface area contributed by atoms with Crippen molar-refractivity contribution >= 4 is 0 Å². The fourth-order valence-electron chi connectivity index (χ4n) is 2.62. The standard InChI is InChI=1S/C11H23N3O/c1-13-6-10(7-13)8-14-4-5-15-11(9-14)2-3-12/h10-11H,2-9,12H2,1H3. The zero-order chi connectivity index (χ0) is 10.7. The Morgan fingerprint density at radius 3 is 2.80 bits per heavy atom. The summed E-state index contributed by atoms with van der Waals surface area (Å²) >= 11 is 0. The van der Waals surface area contributed by atoms with Crippen LogP contribution in [-0.2, 0) is 4.74 Å². The molecule has 0 amide bonds. The van der Waals surface area contributed by atoms with E-state index in [1.807, 2.05) is 0 Å². The number of nitrogens with two attached hydrogens (primary N) is 1. The lowest BCUT2D eigenvalue weighted by atomic mass is 10.00. The monoisotopic (exact) mass is 213 g/mol. The summed E-state index contributed by atoms with van der Waals surface area (Å²) in [6.07, 6.45) is 1.38. The summed E-state index contributed by atoms with van der Waals surface area (Å²) in [5.74, 6) is 0.881. The molecule has 2 aliphatic heterocycles. The summed E-state index contributed by atoms with van der Waals surface area (Å²) in [7, 11) is 2.19. The molecule has 1 unspecified atom stereocenters. The minimum Gasteiger partial charge on any atom is -0.376 e. The Hall–Kier alpha value is -0.160. The van der Waals surface area contributed by atoms with Crippen molar-refractivity contribution in [3.63, 3.8) is 0 Å². The van der Waals surface area contributed by atoms with Gasteiger partial charge in [-0.05, 0) is 25.9 Å². The number of hydrogen-bond donors (Lipinski definition) is 1. The third kappa shape index (κ3) is 3.14. The average molecular weight is 213 g/mol. The Morgan fingerprint density at radius 2 is 2.13 bits per heavy atom. The first-order valence-electron chi connectivity index (χ1n) is 6.00. The molecule has 0 aromatic rings. The van der Waals surface area contributed by atoms with Crippen molar-refractivity contribution in [2.45, 2.75) is 12.5 Å². The topological polar surface area (TPSA) is 41.7 Å². The van der Waals surface area contributed by atoms with Gasteiger partial charge in [-0.2, -0.15) is 0 Å². The van der Waals surface area contributed by atoms with Crippen molar-refractivity contribution in [1.82, 2.24) is 9.80 Å². The Morgan fingerprint density at radius 1 is 1.33 bits per heavy atom. The van der Waals surface area contributed by atoms with Crippen LogP contribution in [0.1, 0.15) is 6.42 Å². The first-order chi connectivity index (χ1) is 7.28. The molecule has 2 rings (SSSR count). The molecule has 2 N–H and O–H groups in total. The first kappa shape index (κ1) is 11.3. The fraction of sp³-hybridized carbons (Fsp3) is 1.00. The average Bonchev–Trinajstić information content (AvgIpc) is 2.17. The number of nitrogens with zero attached hydrogens (tertiary/aromatic N) is 2. The number of morpholine rings is 1. The van der Waals surface area contributed by atoms with Gasteiger partial charge in [-0.15, -0.1) is 0 Å². The maximum Gasteiger partial charge on any atom is 0.0714 e. The second kappa shape index (κ2) is 5.25. The quantitative estimate of drug-likeness (QED) is 0.690. The van der Waals surface area contributed by atoms with Gasteiger partial charge in [-0.3, -0.25) is 4.90 Å². The molecule has 2 saturated heterocycles. The van der Waals surface area contributed by atoms with E-state index in [-0.39, 0.29) is 0 Å². The van der Waals surface area contributed by atoms with Crippen LogP contribution in [0.3, 0.4) is 0 Å². The highest BCUT2D eigenvalue weighted by Gasteiger charge is 2.27. The van der Waals surface area contributed by atoms with Crippen LogP contribution in [-0.4, -0.2) is 68.8 Å². The second-order valence-electron chi connectivity index (χ2n) is 4.92. The summed E-state index contributed by atoms with van der Waals surface area (Å²) < 4.78 is 5.67. The molecular formula is C11H23N3O. The SMILES string of the molecule is CN1CC(CN2CCOC(CCN)C2)C1. The van der Waals surface area contributed by atoms with Crippen molar-refractivity contribution < 1.29 is 4.74 Å². The lowest BCUT2D eigenvalue weighted by molar-refractivity contribution is -0.0434. The molecule has 4 nitrogen and oxygen atoms in total. The molecule has 0 saturated carbocycles. The molecule has 0 aromatic heterocycles. The third-order valence-corrected chi connectivity index (χ3v) is 3.37. The van der Waals surface area contributed by atoms with E-state index >= 15 is 0 Å².